The molecule has 1 aliphatic carbocycles. The van der Waals surface area contributed by atoms with Gasteiger partial charge in [0, 0.05) is 23.0 Å². The lowest BCUT2D eigenvalue weighted by molar-refractivity contribution is -0.142. The molecule has 1 unspecified atom stereocenters. The molecule has 200 valence electrons. The number of carboxylic acid groups (broad SMARTS) is 1. The number of para-hydroxylation sites is 1. The number of rotatable bonds is 7. The van der Waals surface area contributed by atoms with Crippen LogP contribution >= 0.6 is 0 Å². The molecule has 39 heavy (non-hydrogen) atoms. The lowest BCUT2D eigenvalue weighted by Crippen LogP contribution is -2.55. The first-order valence-corrected chi connectivity index (χ1v) is 14.1. The highest BCUT2D eigenvalue weighted by Gasteiger charge is 2.38. The highest BCUT2D eigenvalue weighted by Crippen LogP contribution is 2.40. The van der Waals surface area contributed by atoms with Gasteiger partial charge in [-0.25, -0.2) is 4.79 Å². The molecule has 3 atom stereocenters. The predicted octanol–water partition coefficient (Wildman–Crippen LogP) is 5.78. The van der Waals surface area contributed by atoms with Crippen LogP contribution in [-0.4, -0.2) is 34.1 Å². The monoisotopic (exact) mass is 521 g/mol. The van der Waals surface area contributed by atoms with Crippen LogP contribution in [0, 0.1) is 5.92 Å². The fourth-order valence-corrected chi connectivity index (χ4v) is 6.45. The van der Waals surface area contributed by atoms with Gasteiger partial charge in [0.1, 0.15) is 6.04 Å². The number of hydrogen-bond acceptors (Lipinski definition) is 3. The van der Waals surface area contributed by atoms with Crippen LogP contribution in [0.25, 0.3) is 22.0 Å². The summed E-state index contributed by atoms with van der Waals surface area (Å²) in [6, 6.07) is 24.8. The number of carbonyl (C=O) groups excluding carboxylic acids is 1. The van der Waals surface area contributed by atoms with Crippen LogP contribution in [0.1, 0.15) is 55.0 Å². The molecular weight excluding hydrogens is 486 g/mol. The Morgan fingerprint density at radius 1 is 0.872 bits per heavy atom. The van der Waals surface area contributed by atoms with Crippen LogP contribution < -0.4 is 10.6 Å². The van der Waals surface area contributed by atoms with Gasteiger partial charge in [-0.3, -0.25) is 10.1 Å². The number of H-pyrrole nitrogens is 1. The van der Waals surface area contributed by atoms with Crippen molar-refractivity contribution < 1.29 is 14.7 Å². The molecular formula is C33H35N3O3. The van der Waals surface area contributed by atoms with E-state index in [9.17, 15) is 14.7 Å². The van der Waals surface area contributed by atoms with E-state index in [-0.39, 0.29) is 18.4 Å². The van der Waals surface area contributed by atoms with Crippen LogP contribution in [0.3, 0.4) is 0 Å². The maximum atomic E-state index is 13.6. The van der Waals surface area contributed by atoms with E-state index in [1.165, 1.54) is 30.5 Å². The quantitative estimate of drug-likeness (QED) is 0.248. The number of aliphatic carboxylic acids is 1. The summed E-state index contributed by atoms with van der Waals surface area (Å²) >= 11 is 0. The van der Waals surface area contributed by atoms with Crippen molar-refractivity contribution >= 4 is 22.8 Å². The second-order valence-corrected chi connectivity index (χ2v) is 11.0. The third kappa shape index (κ3) is 5.34. The van der Waals surface area contributed by atoms with Gasteiger partial charge in [-0.05, 0) is 53.5 Å². The van der Waals surface area contributed by atoms with Crippen LogP contribution in [0.5, 0.6) is 0 Å². The molecule has 4 aromatic rings. The Balaban J connectivity index is 1.20. The first-order valence-electron chi connectivity index (χ1n) is 14.1. The van der Waals surface area contributed by atoms with Gasteiger partial charge in [-0.1, -0.05) is 92.1 Å². The van der Waals surface area contributed by atoms with Crippen LogP contribution in [0.4, 0.5) is 0 Å². The number of nitrogens with one attached hydrogen (secondary N) is 3. The van der Waals surface area contributed by atoms with Crippen molar-refractivity contribution in [2.45, 2.75) is 63.1 Å². The Kier molecular flexibility index (Phi) is 7.20. The lowest BCUT2D eigenvalue weighted by Gasteiger charge is -2.37. The molecule has 1 fully saturated rings. The van der Waals surface area contributed by atoms with Crippen molar-refractivity contribution in [3.8, 4) is 11.1 Å². The van der Waals surface area contributed by atoms with Gasteiger partial charge in [0.25, 0.3) is 0 Å². The lowest BCUT2D eigenvalue weighted by atomic mass is 9.79. The average molecular weight is 522 g/mol. The zero-order valence-electron chi connectivity index (χ0n) is 22.0. The van der Waals surface area contributed by atoms with E-state index in [2.05, 4.69) is 27.8 Å². The van der Waals surface area contributed by atoms with E-state index >= 15 is 0 Å². The SMILES string of the molecule is O=C(O)C(Cc1ccc(-c2ccccc2)cc1)NC(=O)[C@H]1Cc2c([nH]c3ccccc23)[C@@H](C2CCCCC2)N1. The molecule has 6 nitrogen and oxygen atoms in total. The highest BCUT2D eigenvalue weighted by atomic mass is 16.4. The number of carboxylic acids is 1. The van der Waals surface area contributed by atoms with E-state index in [0.29, 0.717) is 12.3 Å². The number of carbonyl (C=O) groups is 2. The number of amides is 1. The summed E-state index contributed by atoms with van der Waals surface area (Å²) in [5, 5.41) is 17.7. The zero-order chi connectivity index (χ0) is 26.8. The Labute approximate surface area is 228 Å². The highest BCUT2D eigenvalue weighted by molar-refractivity contribution is 5.90. The van der Waals surface area contributed by atoms with E-state index in [4.69, 9.17) is 0 Å². The second kappa shape index (κ2) is 11.1. The summed E-state index contributed by atoms with van der Waals surface area (Å²) < 4.78 is 0. The largest absolute Gasteiger partial charge is 0.480 e. The summed E-state index contributed by atoms with van der Waals surface area (Å²) in [6.07, 6.45) is 6.72. The van der Waals surface area contributed by atoms with Gasteiger partial charge in [0.15, 0.2) is 0 Å². The van der Waals surface area contributed by atoms with Crippen molar-refractivity contribution in [1.82, 2.24) is 15.6 Å². The van der Waals surface area contributed by atoms with Gasteiger partial charge in [0.05, 0.1) is 12.1 Å². The van der Waals surface area contributed by atoms with E-state index in [1.807, 2.05) is 66.7 Å². The van der Waals surface area contributed by atoms with Crippen LogP contribution in [0.15, 0.2) is 78.9 Å². The molecule has 4 N–H and O–H groups in total. The summed E-state index contributed by atoms with van der Waals surface area (Å²) in [7, 11) is 0. The summed E-state index contributed by atoms with van der Waals surface area (Å²) in [5.74, 6) is -0.817. The standard InChI is InChI=1S/C33H35N3O3/c37-32(36-29(33(38)39)19-21-15-17-23(18-16-21)22-9-3-1-4-10-22)28-20-26-25-13-7-8-14-27(25)34-31(26)30(35-28)24-11-5-2-6-12-24/h1,3-4,7-10,13-18,24,28-30,34-35H,2,5-6,11-12,19-20H2,(H,36,37)(H,38,39)/t28-,29?,30-/m1/s1. The number of fused-ring (bicyclic) bond motifs is 3. The van der Waals surface area contributed by atoms with Gasteiger partial charge < -0.3 is 15.4 Å². The van der Waals surface area contributed by atoms with Crippen molar-refractivity contribution in [3.63, 3.8) is 0 Å². The smallest absolute Gasteiger partial charge is 0.326 e. The Hall–Kier alpha value is -3.90. The third-order valence-electron chi connectivity index (χ3n) is 8.50. The van der Waals surface area contributed by atoms with Crippen LogP contribution in [-0.2, 0) is 22.4 Å². The maximum Gasteiger partial charge on any atom is 0.326 e. The predicted molar refractivity (Wildman–Crippen MR) is 153 cm³/mol. The average Bonchev–Trinajstić information content (AvgIpc) is 3.36. The fourth-order valence-electron chi connectivity index (χ4n) is 6.45. The van der Waals surface area contributed by atoms with Crippen molar-refractivity contribution in [3.05, 3.63) is 95.7 Å². The van der Waals surface area contributed by atoms with Gasteiger partial charge in [0.2, 0.25) is 5.91 Å². The second-order valence-electron chi connectivity index (χ2n) is 11.0. The molecule has 0 bridgehead atoms. The minimum absolute atomic E-state index is 0.0611. The molecule has 2 aliphatic rings. The molecule has 6 heteroatoms. The normalized spacial score (nSPS) is 20.3. The minimum Gasteiger partial charge on any atom is -0.480 e. The molecule has 3 aromatic carbocycles. The molecule has 2 heterocycles. The van der Waals surface area contributed by atoms with Crippen LogP contribution in [0.2, 0.25) is 0 Å². The molecule has 0 spiro atoms. The first-order chi connectivity index (χ1) is 19.1. The molecule has 1 amide bonds. The molecule has 0 radical (unpaired) electrons. The Bertz CT molecular complexity index is 1450. The van der Waals surface area contributed by atoms with E-state index in [1.54, 1.807) is 0 Å². The Morgan fingerprint density at radius 3 is 2.31 bits per heavy atom. The fraction of sp³-hybridized carbons (Fsp3) is 0.333. The number of aromatic amines is 1. The minimum atomic E-state index is -1.03. The van der Waals surface area contributed by atoms with Crippen molar-refractivity contribution in [2.24, 2.45) is 5.92 Å². The van der Waals surface area contributed by atoms with Gasteiger partial charge >= 0.3 is 5.97 Å². The van der Waals surface area contributed by atoms with E-state index < -0.39 is 18.1 Å². The number of hydrogen-bond donors (Lipinski definition) is 4. The Morgan fingerprint density at radius 2 is 1.56 bits per heavy atom. The summed E-state index contributed by atoms with van der Waals surface area (Å²) in [4.78, 5) is 29.4. The van der Waals surface area contributed by atoms with E-state index in [0.717, 1.165) is 40.4 Å². The maximum absolute atomic E-state index is 13.6. The summed E-state index contributed by atoms with van der Waals surface area (Å²) in [5.41, 5.74) is 6.53. The molecule has 0 saturated heterocycles. The number of aromatic nitrogens is 1. The molecule has 1 aliphatic heterocycles. The molecule has 1 saturated carbocycles. The zero-order valence-corrected chi connectivity index (χ0v) is 22.0. The van der Waals surface area contributed by atoms with Gasteiger partial charge in [-0.15, -0.1) is 0 Å². The van der Waals surface area contributed by atoms with Crippen molar-refractivity contribution in [2.75, 3.05) is 0 Å². The van der Waals surface area contributed by atoms with Gasteiger partial charge in [-0.2, -0.15) is 0 Å². The molecule has 1 aromatic heterocycles. The molecule has 6 rings (SSSR count). The topological polar surface area (TPSA) is 94.2 Å². The number of benzene rings is 3. The summed E-state index contributed by atoms with van der Waals surface area (Å²) in [6.45, 7) is 0. The third-order valence-corrected chi connectivity index (χ3v) is 8.50. The van der Waals surface area contributed by atoms with Crippen molar-refractivity contribution in [1.29, 1.82) is 0 Å². The first kappa shape index (κ1) is 25.4.